The lowest BCUT2D eigenvalue weighted by Crippen LogP contribution is -2.30. The fraction of sp³-hybridized carbons (Fsp3) is 0.269. The van der Waals surface area contributed by atoms with Crippen molar-refractivity contribution in [3.05, 3.63) is 94.8 Å². The molecule has 0 aliphatic carbocycles. The second-order valence-electron chi connectivity index (χ2n) is 8.35. The minimum absolute atomic E-state index is 0.102. The molecule has 8 heteroatoms. The quantitative estimate of drug-likeness (QED) is 0.475. The highest BCUT2D eigenvalue weighted by atomic mass is 19.2. The van der Waals surface area contributed by atoms with Crippen molar-refractivity contribution < 1.29 is 27.8 Å². The van der Waals surface area contributed by atoms with E-state index in [0.29, 0.717) is 11.3 Å². The molecule has 0 aromatic heterocycles. The Labute approximate surface area is 196 Å². The van der Waals surface area contributed by atoms with Crippen LogP contribution in [0.3, 0.4) is 0 Å². The van der Waals surface area contributed by atoms with Crippen LogP contribution in [0.1, 0.15) is 27.9 Å². The van der Waals surface area contributed by atoms with Gasteiger partial charge in [-0.25, -0.2) is 18.0 Å². The molecule has 5 nitrogen and oxygen atoms in total. The van der Waals surface area contributed by atoms with Gasteiger partial charge in [0.15, 0.2) is 17.5 Å². The number of hydrogen-bond acceptors (Lipinski definition) is 4. The van der Waals surface area contributed by atoms with E-state index in [1.54, 1.807) is 24.3 Å². The Balaban J connectivity index is 1.29. The smallest absolute Gasteiger partial charge is 0.335 e. The van der Waals surface area contributed by atoms with Crippen LogP contribution in [0.4, 0.5) is 13.2 Å². The van der Waals surface area contributed by atoms with Gasteiger partial charge in [0, 0.05) is 38.3 Å². The Morgan fingerprint density at radius 2 is 1.26 bits per heavy atom. The number of nitrogens with zero attached hydrogens (tertiary/aromatic N) is 2. The maximum absolute atomic E-state index is 13.4. The highest BCUT2D eigenvalue weighted by molar-refractivity contribution is 5.87. The number of carboxylic acids is 1. The first-order valence-corrected chi connectivity index (χ1v) is 11.1. The Hall–Kier alpha value is -3.36. The number of hydrogen-bond donors (Lipinski definition) is 1. The normalized spacial score (nSPS) is 15.1. The van der Waals surface area contributed by atoms with E-state index in [9.17, 15) is 18.0 Å². The predicted molar refractivity (Wildman–Crippen MR) is 121 cm³/mol. The first-order chi connectivity index (χ1) is 16.4. The maximum atomic E-state index is 13.4. The number of halogens is 3. The topological polar surface area (TPSA) is 53.0 Å². The monoisotopic (exact) mass is 470 g/mol. The van der Waals surface area contributed by atoms with E-state index < -0.39 is 23.4 Å². The van der Waals surface area contributed by atoms with E-state index in [1.165, 1.54) is 0 Å². The summed E-state index contributed by atoms with van der Waals surface area (Å²) in [6, 6.07) is 15.9. The summed E-state index contributed by atoms with van der Waals surface area (Å²) in [6.45, 7) is 5.28. The Kier molecular flexibility index (Phi) is 7.49. The number of ether oxygens (including phenoxy) is 1. The van der Waals surface area contributed by atoms with Crippen LogP contribution in [-0.2, 0) is 13.1 Å². The van der Waals surface area contributed by atoms with Gasteiger partial charge < -0.3 is 9.84 Å². The van der Waals surface area contributed by atoms with Gasteiger partial charge in [0.1, 0.15) is 11.5 Å². The molecule has 0 radical (unpaired) electrons. The molecule has 1 saturated heterocycles. The summed E-state index contributed by atoms with van der Waals surface area (Å²) >= 11 is 0. The van der Waals surface area contributed by atoms with Gasteiger partial charge in [-0.2, -0.15) is 0 Å². The van der Waals surface area contributed by atoms with E-state index in [-0.39, 0.29) is 5.75 Å². The van der Waals surface area contributed by atoms with E-state index in [1.807, 2.05) is 24.3 Å². The van der Waals surface area contributed by atoms with Gasteiger partial charge in [0.25, 0.3) is 0 Å². The first-order valence-electron chi connectivity index (χ1n) is 11.1. The summed E-state index contributed by atoms with van der Waals surface area (Å²) in [5.74, 6) is -4.72. The Bertz CT molecular complexity index is 1110. The van der Waals surface area contributed by atoms with Crippen molar-refractivity contribution in [3.63, 3.8) is 0 Å². The zero-order chi connectivity index (χ0) is 24.1. The summed E-state index contributed by atoms with van der Waals surface area (Å²) in [5, 5.41) is 9.03. The van der Waals surface area contributed by atoms with Crippen molar-refractivity contribution in [2.45, 2.75) is 19.5 Å². The molecule has 0 atom stereocenters. The molecule has 0 spiro atoms. The van der Waals surface area contributed by atoms with E-state index in [4.69, 9.17) is 9.84 Å². The van der Waals surface area contributed by atoms with E-state index in [2.05, 4.69) is 9.80 Å². The molecule has 0 unspecified atom stereocenters. The average molecular weight is 470 g/mol. The third kappa shape index (κ3) is 6.15. The molecule has 1 aliphatic heterocycles. The molecule has 1 aliphatic rings. The molecule has 0 saturated carbocycles. The van der Waals surface area contributed by atoms with E-state index in [0.717, 1.165) is 68.9 Å². The van der Waals surface area contributed by atoms with Gasteiger partial charge in [-0.05, 0) is 54.9 Å². The zero-order valence-electron chi connectivity index (χ0n) is 18.5. The lowest BCUT2D eigenvalue weighted by atomic mass is 10.1. The summed E-state index contributed by atoms with van der Waals surface area (Å²) in [6.07, 6.45) is 1.02. The number of benzene rings is 3. The molecule has 3 aromatic rings. The molecular formula is C26H25F3N2O3. The summed E-state index contributed by atoms with van der Waals surface area (Å²) in [7, 11) is 0. The lowest BCUT2D eigenvalue weighted by molar-refractivity contribution is 0.0697. The minimum Gasteiger partial charge on any atom is -0.478 e. The number of carboxylic acid groups (broad SMARTS) is 1. The molecule has 1 fully saturated rings. The standard InChI is InChI=1S/C26H25F3N2O3/c27-23-14-22(15-24(28)25(23)29)34-21-8-4-19(5-9-21)17-31-11-1-10-30(12-13-31)16-18-2-6-20(7-3-18)26(32)33/h2-9,14-15H,1,10-13,16-17H2,(H,32,33). The molecule has 34 heavy (non-hydrogen) atoms. The van der Waals surface area contributed by atoms with Gasteiger partial charge in [-0.15, -0.1) is 0 Å². The first kappa shape index (κ1) is 23.8. The molecule has 4 rings (SSSR count). The van der Waals surface area contributed by atoms with Crippen LogP contribution in [-0.4, -0.2) is 47.1 Å². The van der Waals surface area contributed by atoms with Crippen LogP contribution in [0.5, 0.6) is 11.5 Å². The third-order valence-corrected chi connectivity index (χ3v) is 5.81. The van der Waals surface area contributed by atoms with Gasteiger partial charge in [0.05, 0.1) is 5.56 Å². The highest BCUT2D eigenvalue weighted by Crippen LogP contribution is 2.25. The van der Waals surface area contributed by atoms with Crippen molar-refractivity contribution in [1.29, 1.82) is 0 Å². The summed E-state index contributed by atoms with van der Waals surface area (Å²) in [5.41, 5.74) is 2.47. The molecule has 0 bridgehead atoms. The van der Waals surface area contributed by atoms with Crippen molar-refractivity contribution in [1.82, 2.24) is 9.80 Å². The Morgan fingerprint density at radius 1 is 0.765 bits per heavy atom. The fourth-order valence-electron chi connectivity index (χ4n) is 4.00. The largest absolute Gasteiger partial charge is 0.478 e. The fourth-order valence-corrected chi connectivity index (χ4v) is 4.00. The van der Waals surface area contributed by atoms with Crippen molar-refractivity contribution in [3.8, 4) is 11.5 Å². The van der Waals surface area contributed by atoms with Crippen LogP contribution in [0.2, 0.25) is 0 Å². The molecule has 1 heterocycles. The SMILES string of the molecule is O=C(O)c1ccc(CN2CCCN(Cc3ccc(Oc4cc(F)c(F)c(F)c4)cc3)CC2)cc1. The maximum Gasteiger partial charge on any atom is 0.335 e. The summed E-state index contributed by atoms with van der Waals surface area (Å²) in [4.78, 5) is 15.7. The third-order valence-electron chi connectivity index (χ3n) is 5.81. The second kappa shape index (κ2) is 10.7. The van der Waals surface area contributed by atoms with Crippen molar-refractivity contribution in [2.75, 3.05) is 26.2 Å². The van der Waals surface area contributed by atoms with Crippen molar-refractivity contribution in [2.24, 2.45) is 0 Å². The Morgan fingerprint density at radius 3 is 1.76 bits per heavy atom. The van der Waals surface area contributed by atoms with Crippen LogP contribution >= 0.6 is 0 Å². The number of carbonyl (C=O) groups is 1. The van der Waals surface area contributed by atoms with E-state index >= 15 is 0 Å². The van der Waals surface area contributed by atoms with Crippen LogP contribution in [0.25, 0.3) is 0 Å². The average Bonchev–Trinajstić information content (AvgIpc) is 3.04. The van der Waals surface area contributed by atoms with Gasteiger partial charge >= 0.3 is 5.97 Å². The van der Waals surface area contributed by atoms with Gasteiger partial charge in [-0.1, -0.05) is 24.3 Å². The molecule has 0 amide bonds. The second-order valence-corrected chi connectivity index (χ2v) is 8.35. The molecular weight excluding hydrogens is 445 g/mol. The van der Waals surface area contributed by atoms with Gasteiger partial charge in [-0.3, -0.25) is 9.80 Å². The molecule has 178 valence electrons. The molecule has 3 aromatic carbocycles. The predicted octanol–water partition coefficient (Wildman–Crippen LogP) is 5.30. The zero-order valence-corrected chi connectivity index (χ0v) is 18.5. The summed E-state index contributed by atoms with van der Waals surface area (Å²) < 4.78 is 45.3. The highest BCUT2D eigenvalue weighted by Gasteiger charge is 2.16. The van der Waals surface area contributed by atoms with Crippen LogP contribution in [0.15, 0.2) is 60.7 Å². The molecule has 1 N–H and O–H groups in total. The lowest BCUT2D eigenvalue weighted by Gasteiger charge is -2.22. The number of aromatic carboxylic acids is 1. The van der Waals surface area contributed by atoms with Crippen LogP contribution < -0.4 is 4.74 Å². The van der Waals surface area contributed by atoms with Gasteiger partial charge in [0.2, 0.25) is 0 Å². The van der Waals surface area contributed by atoms with Crippen molar-refractivity contribution >= 4 is 5.97 Å². The van der Waals surface area contributed by atoms with Crippen LogP contribution in [0, 0.1) is 17.5 Å². The number of rotatable bonds is 7. The minimum atomic E-state index is -1.52.